The first-order chi connectivity index (χ1) is 20.7. The van der Waals surface area contributed by atoms with Crippen LogP contribution in [-0.2, 0) is 7.05 Å². The van der Waals surface area contributed by atoms with Crippen LogP contribution in [0.1, 0.15) is 59.2 Å². The molecule has 0 bridgehead atoms. The number of rotatable bonds is 6. The van der Waals surface area contributed by atoms with Gasteiger partial charge in [-0.2, -0.15) is 5.10 Å². The molecule has 2 N–H and O–H groups in total. The zero-order valence-corrected chi connectivity index (χ0v) is 25.6. The van der Waals surface area contributed by atoms with Crippen LogP contribution in [0.5, 0.6) is 0 Å². The van der Waals surface area contributed by atoms with Crippen molar-refractivity contribution < 1.29 is 4.79 Å². The number of hydrogen-bond acceptors (Lipinski definition) is 7. The number of hydrogen-bond donors (Lipinski definition) is 2. The third kappa shape index (κ3) is 5.16. The van der Waals surface area contributed by atoms with Gasteiger partial charge in [0.2, 0.25) is 0 Å². The van der Waals surface area contributed by atoms with E-state index in [-0.39, 0.29) is 23.6 Å². The lowest BCUT2D eigenvalue weighted by Crippen LogP contribution is -2.32. The summed E-state index contributed by atoms with van der Waals surface area (Å²) in [6.07, 6.45) is 5.61. The van der Waals surface area contributed by atoms with Crippen molar-refractivity contribution in [1.82, 2.24) is 34.5 Å². The molecule has 0 spiro atoms. The topological polar surface area (TPSA) is 110 Å². The molecule has 10 heteroatoms. The van der Waals surface area contributed by atoms with Crippen LogP contribution in [0.2, 0.25) is 0 Å². The maximum Gasteiger partial charge on any atom is 0.269 e. The van der Waals surface area contributed by atoms with Crippen molar-refractivity contribution in [2.45, 2.75) is 45.7 Å². The number of pyridine rings is 3. The summed E-state index contributed by atoms with van der Waals surface area (Å²) in [6.45, 7) is 8.10. The summed E-state index contributed by atoms with van der Waals surface area (Å²) in [6, 6.07) is 11.8. The summed E-state index contributed by atoms with van der Waals surface area (Å²) in [5.74, 6) is -0.237. The Labute approximate surface area is 250 Å². The Morgan fingerprint density at radius 1 is 1.02 bits per heavy atom. The number of likely N-dealkylation sites (tertiary alicyclic amines) is 1. The Morgan fingerprint density at radius 2 is 1.79 bits per heavy atom. The first-order valence-corrected chi connectivity index (χ1v) is 14.8. The van der Waals surface area contributed by atoms with Gasteiger partial charge in [0.25, 0.3) is 11.5 Å². The molecule has 1 atom stereocenters. The van der Waals surface area contributed by atoms with Crippen LogP contribution in [0.3, 0.4) is 0 Å². The monoisotopic (exact) mass is 578 g/mol. The fraction of sp³-hybridized carbons (Fsp3) is 0.364. The molecule has 1 aliphatic rings. The highest BCUT2D eigenvalue weighted by Gasteiger charge is 2.25. The van der Waals surface area contributed by atoms with E-state index in [1.807, 2.05) is 51.4 Å². The number of aryl methyl sites for hydroxylation is 3. The summed E-state index contributed by atoms with van der Waals surface area (Å²) in [4.78, 5) is 37.4. The van der Waals surface area contributed by atoms with Crippen LogP contribution in [0.15, 0.2) is 53.6 Å². The molecule has 1 unspecified atom stereocenters. The summed E-state index contributed by atoms with van der Waals surface area (Å²) >= 11 is 0. The van der Waals surface area contributed by atoms with Crippen LogP contribution >= 0.6 is 0 Å². The van der Waals surface area contributed by atoms with Gasteiger partial charge in [0.15, 0.2) is 0 Å². The van der Waals surface area contributed by atoms with Crippen LogP contribution in [0.4, 0.5) is 5.69 Å². The molecule has 4 aromatic heterocycles. The highest BCUT2D eigenvalue weighted by molar-refractivity contribution is 6.07. The zero-order chi connectivity index (χ0) is 30.4. The molecule has 43 heavy (non-hydrogen) atoms. The molecule has 5 heterocycles. The highest BCUT2D eigenvalue weighted by Crippen LogP contribution is 2.36. The van der Waals surface area contributed by atoms with Crippen molar-refractivity contribution in [3.05, 3.63) is 81.7 Å². The number of nitrogens with zero attached hydrogens (tertiary/aromatic N) is 6. The molecule has 1 saturated heterocycles. The standard InChI is InChI=1S/C33H38N8O2/c1-19-15-24(21(3)38-27-9-7-20(2)37-30(27)22-8-10-28(35-17-22)31(42)34-4)29-25(16-19)33(43)40(6)32-26(29)18-36-41(32)23-11-13-39(5)14-12-23/h7-10,15-18,21,23,38H,11-14H2,1-6H3,(H,34,42). The molecule has 0 saturated carbocycles. The number of anilines is 1. The average Bonchev–Trinajstić information content (AvgIpc) is 3.45. The third-order valence-electron chi connectivity index (χ3n) is 8.61. The fourth-order valence-corrected chi connectivity index (χ4v) is 6.28. The summed E-state index contributed by atoms with van der Waals surface area (Å²) < 4.78 is 3.84. The smallest absolute Gasteiger partial charge is 0.269 e. The van der Waals surface area contributed by atoms with E-state index in [1.165, 1.54) is 0 Å². The van der Waals surface area contributed by atoms with Crippen molar-refractivity contribution in [3.8, 4) is 11.3 Å². The van der Waals surface area contributed by atoms with E-state index in [0.29, 0.717) is 11.1 Å². The number of fused-ring (bicyclic) bond motifs is 3. The second-order valence-corrected chi connectivity index (χ2v) is 11.7. The van der Waals surface area contributed by atoms with Crippen molar-refractivity contribution in [1.29, 1.82) is 0 Å². The summed E-state index contributed by atoms with van der Waals surface area (Å²) in [5, 5.41) is 13.8. The predicted octanol–water partition coefficient (Wildman–Crippen LogP) is 4.76. The van der Waals surface area contributed by atoms with Gasteiger partial charge >= 0.3 is 0 Å². The number of aromatic nitrogens is 5. The molecule has 6 rings (SSSR count). The molecule has 1 aliphatic heterocycles. The van der Waals surface area contributed by atoms with E-state index in [1.54, 1.807) is 23.9 Å². The van der Waals surface area contributed by atoms with Crippen LogP contribution in [0.25, 0.3) is 33.1 Å². The van der Waals surface area contributed by atoms with Gasteiger partial charge < -0.3 is 15.5 Å². The average molecular weight is 579 g/mol. The maximum atomic E-state index is 13.8. The number of carbonyl (C=O) groups excluding carboxylic acids is 1. The molecule has 5 aromatic rings. The molecular formula is C33H38N8O2. The number of carbonyl (C=O) groups is 1. The fourth-order valence-electron chi connectivity index (χ4n) is 6.28. The lowest BCUT2D eigenvalue weighted by Gasteiger charge is -2.29. The minimum atomic E-state index is -0.237. The number of nitrogens with one attached hydrogen (secondary N) is 2. The molecule has 10 nitrogen and oxygen atoms in total. The SMILES string of the molecule is CNC(=O)c1ccc(-c2nc(C)ccc2NC(C)c2cc(C)cc3c(=O)n(C)c4c(cnn4C4CCN(C)CC4)c23)cn1. The van der Waals surface area contributed by atoms with Crippen molar-refractivity contribution in [2.24, 2.45) is 7.05 Å². The van der Waals surface area contributed by atoms with E-state index in [0.717, 1.165) is 76.1 Å². The number of benzene rings is 1. The number of amides is 1. The maximum absolute atomic E-state index is 13.8. The van der Waals surface area contributed by atoms with Crippen LogP contribution in [0, 0.1) is 13.8 Å². The summed E-state index contributed by atoms with van der Waals surface area (Å²) in [5.41, 5.74) is 6.50. The second kappa shape index (κ2) is 11.3. The Hall–Kier alpha value is -4.57. The van der Waals surface area contributed by atoms with Gasteiger partial charge in [0.05, 0.1) is 23.6 Å². The van der Waals surface area contributed by atoms with Gasteiger partial charge in [-0.15, -0.1) is 0 Å². The largest absolute Gasteiger partial charge is 0.377 e. The van der Waals surface area contributed by atoms with Crippen LogP contribution < -0.4 is 16.2 Å². The Morgan fingerprint density at radius 3 is 2.49 bits per heavy atom. The highest BCUT2D eigenvalue weighted by atomic mass is 16.1. The van der Waals surface area contributed by atoms with E-state index in [2.05, 4.69) is 45.2 Å². The first kappa shape index (κ1) is 28.5. The Balaban J connectivity index is 1.45. The summed E-state index contributed by atoms with van der Waals surface area (Å²) in [7, 11) is 5.59. The minimum absolute atomic E-state index is 0.0192. The van der Waals surface area contributed by atoms with E-state index in [4.69, 9.17) is 10.1 Å². The van der Waals surface area contributed by atoms with Gasteiger partial charge in [0.1, 0.15) is 11.3 Å². The molecule has 1 fully saturated rings. The lowest BCUT2D eigenvalue weighted by molar-refractivity contribution is 0.0958. The van der Waals surface area contributed by atoms with E-state index in [9.17, 15) is 9.59 Å². The predicted molar refractivity (Wildman–Crippen MR) is 171 cm³/mol. The molecule has 222 valence electrons. The second-order valence-electron chi connectivity index (χ2n) is 11.7. The molecule has 0 radical (unpaired) electrons. The Kier molecular flexibility index (Phi) is 7.47. The minimum Gasteiger partial charge on any atom is -0.377 e. The molecule has 0 aliphatic carbocycles. The van der Waals surface area contributed by atoms with Gasteiger partial charge in [-0.05, 0) is 95.2 Å². The first-order valence-electron chi connectivity index (χ1n) is 14.8. The molecule has 1 aromatic carbocycles. The van der Waals surface area contributed by atoms with Crippen molar-refractivity contribution >= 4 is 33.4 Å². The van der Waals surface area contributed by atoms with Gasteiger partial charge in [-0.3, -0.25) is 24.1 Å². The van der Waals surface area contributed by atoms with Crippen molar-refractivity contribution in [3.63, 3.8) is 0 Å². The Bertz CT molecular complexity index is 1900. The zero-order valence-electron chi connectivity index (χ0n) is 25.6. The van der Waals surface area contributed by atoms with E-state index < -0.39 is 0 Å². The van der Waals surface area contributed by atoms with Gasteiger partial charge in [-0.1, -0.05) is 6.07 Å². The van der Waals surface area contributed by atoms with Crippen LogP contribution in [-0.4, -0.2) is 62.3 Å². The quantitative estimate of drug-likeness (QED) is 0.299. The normalized spacial score (nSPS) is 15.2. The molecule has 1 amide bonds. The lowest BCUT2D eigenvalue weighted by atomic mass is 9.95. The van der Waals surface area contributed by atoms with Crippen molar-refractivity contribution in [2.75, 3.05) is 32.5 Å². The molecular weight excluding hydrogens is 540 g/mol. The van der Waals surface area contributed by atoms with Gasteiger partial charge in [-0.25, -0.2) is 4.68 Å². The number of piperidine rings is 1. The third-order valence-corrected chi connectivity index (χ3v) is 8.61. The van der Waals surface area contributed by atoms with Gasteiger partial charge in [0, 0.05) is 53.8 Å². The van der Waals surface area contributed by atoms with E-state index >= 15 is 0 Å².